The number of rotatable bonds is 2. The van der Waals surface area contributed by atoms with E-state index in [0.717, 1.165) is 5.69 Å². The van der Waals surface area contributed by atoms with E-state index in [1.165, 1.54) is 11.8 Å². The van der Waals surface area contributed by atoms with Crippen molar-refractivity contribution in [3.05, 3.63) is 36.8 Å². The predicted octanol–water partition coefficient (Wildman–Crippen LogP) is 1.38. The highest BCUT2D eigenvalue weighted by Gasteiger charge is 2.15. The Kier molecular flexibility index (Phi) is 2.68. The summed E-state index contributed by atoms with van der Waals surface area (Å²) in [5.74, 6) is 0. The molecule has 0 saturated carbocycles. The summed E-state index contributed by atoms with van der Waals surface area (Å²) in [5, 5.41) is 5.26. The van der Waals surface area contributed by atoms with Crippen LogP contribution >= 0.6 is 11.8 Å². The lowest BCUT2D eigenvalue weighted by molar-refractivity contribution is 1.27. The van der Waals surface area contributed by atoms with Crippen LogP contribution in [0.3, 0.4) is 0 Å². The fraction of sp³-hybridized carbons (Fsp3) is 0. The number of pyridine rings is 1. The second kappa shape index (κ2) is 4.14. The third-order valence-electron chi connectivity index (χ3n) is 1.64. The van der Waals surface area contributed by atoms with Crippen molar-refractivity contribution in [2.24, 2.45) is 15.8 Å². The number of nitrogens with one attached hydrogen (secondary N) is 1. The average Bonchev–Trinajstić information content (AvgIpc) is 2.56. The summed E-state index contributed by atoms with van der Waals surface area (Å²) in [4.78, 5) is 7.91. The van der Waals surface area contributed by atoms with Gasteiger partial charge in [-0.3, -0.25) is 10.4 Å². The molecule has 15 heavy (non-hydrogen) atoms. The van der Waals surface area contributed by atoms with Gasteiger partial charge in [-0.05, 0) is 23.9 Å². The standard InChI is InChI=1S/C9H9N5S/c1-6-8(15-9(10)12-6)14-13-7-3-2-4-11-5-7/h2-5,13H,1H2,(H2,10,12)/b14-8+. The van der Waals surface area contributed by atoms with Gasteiger partial charge in [0.05, 0.1) is 17.6 Å². The first-order valence-corrected chi connectivity index (χ1v) is 5.02. The molecule has 6 heteroatoms. The molecule has 0 aromatic carbocycles. The third-order valence-corrected chi connectivity index (χ3v) is 2.46. The van der Waals surface area contributed by atoms with E-state index in [-0.39, 0.29) is 0 Å². The van der Waals surface area contributed by atoms with Crippen LogP contribution in [0.15, 0.2) is 46.9 Å². The summed E-state index contributed by atoms with van der Waals surface area (Å²) in [6.07, 6.45) is 3.37. The Morgan fingerprint density at radius 3 is 3.00 bits per heavy atom. The first kappa shape index (κ1) is 9.72. The monoisotopic (exact) mass is 219 g/mol. The maximum atomic E-state index is 5.52. The summed E-state index contributed by atoms with van der Waals surface area (Å²) in [6, 6.07) is 3.69. The van der Waals surface area contributed by atoms with Crippen LogP contribution in [0.5, 0.6) is 0 Å². The van der Waals surface area contributed by atoms with Gasteiger partial charge in [-0.15, -0.1) is 0 Å². The van der Waals surface area contributed by atoms with E-state index in [1.54, 1.807) is 12.4 Å². The van der Waals surface area contributed by atoms with Gasteiger partial charge in [0.1, 0.15) is 5.04 Å². The van der Waals surface area contributed by atoms with Crippen LogP contribution in [-0.4, -0.2) is 15.2 Å². The zero-order chi connectivity index (χ0) is 10.7. The van der Waals surface area contributed by atoms with Crippen LogP contribution in [0.4, 0.5) is 5.69 Å². The van der Waals surface area contributed by atoms with Gasteiger partial charge in [0.2, 0.25) is 0 Å². The van der Waals surface area contributed by atoms with E-state index in [4.69, 9.17) is 5.73 Å². The maximum Gasteiger partial charge on any atom is 0.165 e. The molecule has 0 saturated heterocycles. The Morgan fingerprint density at radius 1 is 1.53 bits per heavy atom. The zero-order valence-corrected chi connectivity index (χ0v) is 8.66. The van der Waals surface area contributed by atoms with E-state index >= 15 is 0 Å². The molecule has 0 fully saturated rings. The number of nitrogens with zero attached hydrogens (tertiary/aromatic N) is 3. The predicted molar refractivity (Wildman–Crippen MR) is 63.6 cm³/mol. The summed E-state index contributed by atoms with van der Waals surface area (Å²) in [5.41, 5.74) is 9.75. The quantitative estimate of drug-likeness (QED) is 0.737. The second-order valence-corrected chi connectivity index (χ2v) is 3.78. The van der Waals surface area contributed by atoms with Gasteiger partial charge in [-0.2, -0.15) is 5.10 Å². The van der Waals surface area contributed by atoms with Crippen molar-refractivity contribution in [3.8, 4) is 0 Å². The normalized spacial score (nSPS) is 18.0. The highest BCUT2D eigenvalue weighted by molar-refractivity contribution is 8.27. The third kappa shape index (κ3) is 2.35. The van der Waals surface area contributed by atoms with Gasteiger partial charge in [0, 0.05) is 6.20 Å². The van der Waals surface area contributed by atoms with Gasteiger partial charge in [-0.25, -0.2) is 4.99 Å². The van der Waals surface area contributed by atoms with Crippen molar-refractivity contribution in [1.82, 2.24) is 4.98 Å². The number of hydrogen-bond acceptors (Lipinski definition) is 6. The van der Waals surface area contributed by atoms with E-state index < -0.39 is 0 Å². The van der Waals surface area contributed by atoms with Crippen LogP contribution in [-0.2, 0) is 0 Å². The van der Waals surface area contributed by atoms with Crippen LogP contribution < -0.4 is 11.2 Å². The molecule has 1 aliphatic rings. The lowest BCUT2D eigenvalue weighted by atomic mass is 10.4. The smallest absolute Gasteiger partial charge is 0.165 e. The fourth-order valence-corrected chi connectivity index (χ4v) is 1.60. The van der Waals surface area contributed by atoms with Crippen molar-refractivity contribution in [2.45, 2.75) is 0 Å². The Bertz CT molecular complexity index is 437. The van der Waals surface area contributed by atoms with Crippen LogP contribution in [0.25, 0.3) is 0 Å². The van der Waals surface area contributed by atoms with Crippen LogP contribution in [0.1, 0.15) is 0 Å². The molecule has 0 radical (unpaired) electrons. The number of nitrogens with two attached hydrogens (primary N) is 1. The summed E-state index contributed by atoms with van der Waals surface area (Å²) >= 11 is 1.29. The summed E-state index contributed by atoms with van der Waals surface area (Å²) in [7, 11) is 0. The van der Waals surface area contributed by atoms with Crippen molar-refractivity contribution >= 4 is 27.7 Å². The second-order valence-electron chi connectivity index (χ2n) is 2.77. The number of hydrogen-bond donors (Lipinski definition) is 2. The average molecular weight is 219 g/mol. The van der Waals surface area contributed by atoms with Gasteiger partial charge in [0.25, 0.3) is 0 Å². The minimum atomic E-state index is 0.465. The van der Waals surface area contributed by atoms with Crippen molar-refractivity contribution in [2.75, 3.05) is 5.43 Å². The van der Waals surface area contributed by atoms with Gasteiger partial charge in [-0.1, -0.05) is 6.58 Å². The van der Waals surface area contributed by atoms with E-state index in [0.29, 0.717) is 15.9 Å². The zero-order valence-electron chi connectivity index (χ0n) is 7.84. The Hall–Kier alpha value is -1.82. The number of anilines is 1. The van der Waals surface area contributed by atoms with Gasteiger partial charge in [0.15, 0.2) is 5.17 Å². The molecule has 0 aliphatic carbocycles. The molecular weight excluding hydrogens is 210 g/mol. The van der Waals surface area contributed by atoms with Crippen LogP contribution in [0.2, 0.25) is 0 Å². The Balaban J connectivity index is 2.05. The Morgan fingerprint density at radius 2 is 2.40 bits per heavy atom. The topological polar surface area (TPSA) is 75.7 Å². The van der Waals surface area contributed by atoms with E-state index in [2.05, 4.69) is 27.1 Å². The number of aromatic nitrogens is 1. The lowest BCUT2D eigenvalue weighted by Gasteiger charge is -1.99. The molecule has 0 atom stereocenters. The molecule has 1 aromatic heterocycles. The largest absolute Gasteiger partial charge is 0.378 e. The van der Waals surface area contributed by atoms with Gasteiger partial charge < -0.3 is 5.73 Å². The molecule has 0 spiro atoms. The Labute approximate surface area is 91.2 Å². The van der Waals surface area contributed by atoms with Crippen LogP contribution in [0, 0.1) is 0 Å². The first-order chi connectivity index (χ1) is 7.25. The molecule has 2 heterocycles. The minimum absolute atomic E-state index is 0.465. The fourth-order valence-electron chi connectivity index (χ4n) is 0.993. The molecule has 0 amide bonds. The van der Waals surface area contributed by atoms with Gasteiger partial charge >= 0.3 is 0 Å². The summed E-state index contributed by atoms with van der Waals surface area (Å²) < 4.78 is 0. The molecule has 0 bridgehead atoms. The summed E-state index contributed by atoms with van der Waals surface area (Å²) in [6.45, 7) is 3.72. The van der Waals surface area contributed by atoms with Crippen molar-refractivity contribution in [3.63, 3.8) is 0 Å². The number of hydrazone groups is 1. The molecule has 1 aliphatic heterocycles. The lowest BCUT2D eigenvalue weighted by Crippen LogP contribution is -2.03. The molecule has 76 valence electrons. The molecular formula is C9H9N5S. The van der Waals surface area contributed by atoms with Crippen molar-refractivity contribution < 1.29 is 0 Å². The van der Waals surface area contributed by atoms with Crippen molar-refractivity contribution in [1.29, 1.82) is 0 Å². The number of thioether (sulfide) groups is 1. The number of aliphatic imine (C=N–C) groups is 1. The van der Waals surface area contributed by atoms with E-state index in [9.17, 15) is 0 Å². The molecule has 2 rings (SSSR count). The molecule has 0 unspecified atom stereocenters. The first-order valence-electron chi connectivity index (χ1n) is 4.21. The number of amidine groups is 1. The minimum Gasteiger partial charge on any atom is -0.378 e. The highest BCUT2D eigenvalue weighted by Crippen LogP contribution is 2.21. The van der Waals surface area contributed by atoms with E-state index in [1.807, 2.05) is 12.1 Å². The molecule has 5 nitrogen and oxygen atoms in total. The molecule has 1 aromatic rings. The highest BCUT2D eigenvalue weighted by atomic mass is 32.2. The SMILES string of the molecule is C=C1N=C(N)S/C1=N/Nc1cccnc1. The maximum absolute atomic E-state index is 5.52. The molecule has 3 N–H and O–H groups in total.